The monoisotopic (exact) mass is 496 g/mol. The predicted molar refractivity (Wildman–Crippen MR) is 131 cm³/mol. The summed E-state index contributed by atoms with van der Waals surface area (Å²) in [6, 6.07) is 7.92. The van der Waals surface area contributed by atoms with E-state index in [0.29, 0.717) is 13.1 Å². The Bertz CT molecular complexity index is 929. The van der Waals surface area contributed by atoms with Crippen LogP contribution >= 0.6 is 23.2 Å². The van der Waals surface area contributed by atoms with Crippen molar-refractivity contribution in [1.82, 2.24) is 36.5 Å². The van der Waals surface area contributed by atoms with Gasteiger partial charge in [0, 0.05) is 42.4 Å². The number of nitrogens with one attached hydrogen (secondary N) is 6. The largest absolute Gasteiger partial charge is 0.357 e. The number of amides is 2. The third-order valence-corrected chi connectivity index (χ3v) is 5.72. The van der Waals surface area contributed by atoms with Crippen molar-refractivity contribution in [2.75, 3.05) is 37.2 Å². The van der Waals surface area contributed by atoms with Gasteiger partial charge in [0.15, 0.2) is 0 Å². The molecule has 2 amide bonds. The molecular weight excluding hydrogens is 467 g/mol. The van der Waals surface area contributed by atoms with Crippen molar-refractivity contribution >= 4 is 51.5 Å². The molecule has 1 aromatic carbocycles. The van der Waals surface area contributed by atoms with Gasteiger partial charge in [0.1, 0.15) is 30.6 Å². The van der Waals surface area contributed by atoms with E-state index in [2.05, 4.69) is 36.9 Å². The second-order valence-electron chi connectivity index (χ2n) is 7.60. The highest BCUT2D eigenvalue weighted by atomic mass is 35.5. The third-order valence-electron chi connectivity index (χ3n) is 5.25. The Hall–Kier alpha value is -2.21. The van der Waals surface area contributed by atoms with Gasteiger partial charge >= 0.3 is 0 Å². The summed E-state index contributed by atoms with van der Waals surface area (Å²) >= 11 is 11.2. The lowest BCUT2D eigenvalue weighted by atomic mass is 10.1. The SMILES string of the molecule is CN(C(=O)CCl)C1NC(NCCCCNC(=O)CCl)NC(Nc2cccc3cnccc23)N1. The van der Waals surface area contributed by atoms with E-state index in [-0.39, 0.29) is 36.2 Å². The Morgan fingerprint density at radius 2 is 1.85 bits per heavy atom. The van der Waals surface area contributed by atoms with E-state index < -0.39 is 6.29 Å². The molecule has 2 aromatic rings. The molecule has 12 heteroatoms. The summed E-state index contributed by atoms with van der Waals surface area (Å²) in [4.78, 5) is 29.1. The molecule has 3 atom stereocenters. The van der Waals surface area contributed by atoms with E-state index in [9.17, 15) is 9.59 Å². The highest BCUT2D eigenvalue weighted by Crippen LogP contribution is 2.22. The average Bonchev–Trinajstić information content (AvgIpc) is 2.85. The molecule has 0 radical (unpaired) electrons. The van der Waals surface area contributed by atoms with Crippen LogP contribution in [0.2, 0.25) is 0 Å². The minimum absolute atomic E-state index is 0.0291. The number of pyridine rings is 1. The Morgan fingerprint density at radius 1 is 1.06 bits per heavy atom. The van der Waals surface area contributed by atoms with E-state index in [1.165, 1.54) is 4.90 Å². The highest BCUT2D eigenvalue weighted by Gasteiger charge is 2.30. The topological polar surface area (TPSA) is 122 Å². The molecule has 2 heterocycles. The summed E-state index contributed by atoms with van der Waals surface area (Å²) in [5.74, 6) is -0.505. The average molecular weight is 497 g/mol. The molecule has 3 unspecified atom stereocenters. The molecule has 1 aromatic heterocycles. The first-order chi connectivity index (χ1) is 16.0. The van der Waals surface area contributed by atoms with Gasteiger partial charge in [-0.2, -0.15) is 0 Å². The van der Waals surface area contributed by atoms with E-state index in [0.717, 1.165) is 29.3 Å². The second-order valence-corrected chi connectivity index (χ2v) is 8.13. The number of alkyl halides is 2. The van der Waals surface area contributed by atoms with Crippen LogP contribution in [0.4, 0.5) is 5.69 Å². The molecular formula is C21H30Cl2N8O2. The zero-order valence-corrected chi connectivity index (χ0v) is 19.9. The number of carbonyl (C=O) groups is 2. The van der Waals surface area contributed by atoms with Crippen molar-refractivity contribution in [2.45, 2.75) is 31.7 Å². The molecule has 33 heavy (non-hydrogen) atoms. The Balaban J connectivity index is 1.61. The summed E-state index contributed by atoms with van der Waals surface area (Å²) in [6.45, 7) is 1.28. The number of hydrogen-bond donors (Lipinski definition) is 6. The minimum atomic E-state index is -0.452. The van der Waals surface area contributed by atoms with Crippen molar-refractivity contribution in [2.24, 2.45) is 0 Å². The number of carbonyl (C=O) groups excluding carboxylic acids is 2. The van der Waals surface area contributed by atoms with E-state index in [1.807, 2.05) is 30.5 Å². The van der Waals surface area contributed by atoms with Gasteiger partial charge in [0.2, 0.25) is 11.8 Å². The molecule has 1 aliphatic heterocycles. The van der Waals surface area contributed by atoms with Crippen molar-refractivity contribution in [3.05, 3.63) is 36.7 Å². The molecule has 180 valence electrons. The molecule has 0 saturated carbocycles. The van der Waals surface area contributed by atoms with Crippen LogP contribution in [0.1, 0.15) is 12.8 Å². The summed E-state index contributed by atoms with van der Waals surface area (Å²) in [5.41, 5.74) is 0.931. The smallest absolute Gasteiger partial charge is 0.239 e. The lowest BCUT2D eigenvalue weighted by Crippen LogP contribution is -2.76. The molecule has 1 saturated heterocycles. The van der Waals surface area contributed by atoms with Crippen LogP contribution in [0.15, 0.2) is 36.7 Å². The summed E-state index contributed by atoms with van der Waals surface area (Å²) in [5, 5.41) is 21.7. The van der Waals surface area contributed by atoms with Gasteiger partial charge in [0.05, 0.1) is 0 Å². The number of nitrogens with zero attached hydrogens (tertiary/aromatic N) is 2. The predicted octanol–water partition coefficient (Wildman–Crippen LogP) is 0.702. The number of unbranched alkanes of at least 4 members (excludes halogenated alkanes) is 1. The van der Waals surface area contributed by atoms with Gasteiger partial charge in [-0.1, -0.05) is 12.1 Å². The van der Waals surface area contributed by atoms with Crippen molar-refractivity contribution in [3.8, 4) is 0 Å². The van der Waals surface area contributed by atoms with Gasteiger partial charge in [0.25, 0.3) is 0 Å². The van der Waals surface area contributed by atoms with Gasteiger partial charge in [-0.25, -0.2) is 0 Å². The number of aromatic nitrogens is 1. The summed E-state index contributed by atoms with van der Waals surface area (Å²) < 4.78 is 0. The molecule has 0 bridgehead atoms. The quantitative estimate of drug-likeness (QED) is 0.198. The van der Waals surface area contributed by atoms with Gasteiger partial charge in [-0.3, -0.25) is 35.8 Å². The van der Waals surface area contributed by atoms with Gasteiger partial charge in [-0.15, -0.1) is 23.2 Å². The molecule has 1 aliphatic rings. The molecule has 0 spiro atoms. The number of halogens is 2. The number of rotatable bonds is 11. The number of fused-ring (bicyclic) bond motifs is 1. The standard InChI is InChI=1S/C21H30Cl2N8O2/c1-31(18(33)12-23)21-29-19(26-9-3-2-8-25-17(32)11-22)28-20(30-21)27-16-6-4-5-14-13-24-10-7-15(14)16/h4-7,10,13,19-21,26-30H,2-3,8-9,11-12H2,1H3,(H,25,32). The fourth-order valence-corrected chi connectivity index (χ4v) is 3.75. The molecule has 3 rings (SSSR count). The fourth-order valence-electron chi connectivity index (χ4n) is 3.47. The zero-order valence-electron chi connectivity index (χ0n) is 18.4. The number of hydrogen-bond acceptors (Lipinski definition) is 8. The maximum absolute atomic E-state index is 12.2. The maximum Gasteiger partial charge on any atom is 0.239 e. The van der Waals surface area contributed by atoms with Crippen LogP contribution in [0, 0.1) is 0 Å². The minimum Gasteiger partial charge on any atom is -0.357 e. The van der Waals surface area contributed by atoms with Crippen LogP contribution in [0.5, 0.6) is 0 Å². The molecule has 0 aliphatic carbocycles. The Morgan fingerprint density at radius 3 is 2.64 bits per heavy atom. The molecule has 10 nitrogen and oxygen atoms in total. The Kier molecular flexibility index (Phi) is 9.92. The summed E-state index contributed by atoms with van der Waals surface area (Å²) in [6.07, 6.45) is 4.17. The maximum atomic E-state index is 12.2. The molecule has 6 N–H and O–H groups in total. The van der Waals surface area contributed by atoms with Gasteiger partial charge < -0.3 is 15.5 Å². The normalized spacial score (nSPS) is 20.4. The van der Waals surface area contributed by atoms with Crippen LogP contribution in [0.25, 0.3) is 10.8 Å². The first-order valence-corrected chi connectivity index (χ1v) is 11.8. The van der Waals surface area contributed by atoms with Crippen LogP contribution in [-0.2, 0) is 9.59 Å². The van der Waals surface area contributed by atoms with Crippen LogP contribution in [0.3, 0.4) is 0 Å². The van der Waals surface area contributed by atoms with Crippen LogP contribution in [-0.4, -0.2) is 72.5 Å². The first-order valence-electron chi connectivity index (χ1n) is 10.8. The first kappa shape index (κ1) is 25.4. The number of benzene rings is 1. The third kappa shape index (κ3) is 7.39. The fraction of sp³-hybridized carbons (Fsp3) is 0.476. The van der Waals surface area contributed by atoms with Crippen molar-refractivity contribution in [1.29, 1.82) is 0 Å². The molecule has 1 fully saturated rings. The second kappa shape index (κ2) is 12.9. The zero-order chi connectivity index (χ0) is 23.6. The lowest BCUT2D eigenvalue weighted by Gasteiger charge is -2.43. The Labute approximate surface area is 203 Å². The van der Waals surface area contributed by atoms with Crippen molar-refractivity contribution in [3.63, 3.8) is 0 Å². The van der Waals surface area contributed by atoms with E-state index in [1.54, 1.807) is 13.2 Å². The van der Waals surface area contributed by atoms with Crippen molar-refractivity contribution < 1.29 is 9.59 Å². The number of anilines is 1. The van der Waals surface area contributed by atoms with E-state index >= 15 is 0 Å². The van der Waals surface area contributed by atoms with Crippen LogP contribution < -0.4 is 31.9 Å². The lowest BCUT2D eigenvalue weighted by molar-refractivity contribution is -0.132. The van der Waals surface area contributed by atoms with E-state index in [4.69, 9.17) is 23.2 Å². The highest BCUT2D eigenvalue weighted by molar-refractivity contribution is 6.27. The summed E-state index contributed by atoms with van der Waals surface area (Å²) in [7, 11) is 1.69. The van der Waals surface area contributed by atoms with Gasteiger partial charge in [-0.05, 0) is 31.5 Å².